The molecule has 3 aromatic carbocycles. The largest absolute Gasteiger partial charge is 0.354 e. The Balaban J connectivity index is 1.92. The molecular weight excluding hydrogens is 535 g/mol. The summed E-state index contributed by atoms with van der Waals surface area (Å²) >= 11 is 20.0. The van der Waals surface area contributed by atoms with E-state index in [2.05, 4.69) is 5.32 Å². The summed E-state index contributed by atoms with van der Waals surface area (Å²) in [6, 6.07) is 21.5. The van der Waals surface area contributed by atoms with Gasteiger partial charge >= 0.3 is 0 Å². The quantitative estimate of drug-likeness (QED) is 0.252. The molecule has 8 heteroatoms. The van der Waals surface area contributed by atoms with E-state index in [4.69, 9.17) is 34.8 Å². The van der Waals surface area contributed by atoms with Crippen molar-refractivity contribution in [3.8, 4) is 0 Å². The molecule has 0 aromatic heterocycles. The average molecular weight is 564 g/mol. The van der Waals surface area contributed by atoms with Crippen molar-refractivity contribution in [2.75, 3.05) is 12.3 Å². The van der Waals surface area contributed by atoms with E-state index in [-0.39, 0.29) is 30.0 Å². The lowest BCUT2D eigenvalue weighted by Crippen LogP contribution is -2.51. The van der Waals surface area contributed by atoms with E-state index in [1.807, 2.05) is 56.3 Å². The van der Waals surface area contributed by atoms with Gasteiger partial charge in [0.05, 0.1) is 5.75 Å². The highest BCUT2D eigenvalue weighted by Crippen LogP contribution is 2.26. The second-order valence-electron chi connectivity index (χ2n) is 8.84. The third-order valence-electron chi connectivity index (χ3n) is 5.49. The van der Waals surface area contributed by atoms with E-state index >= 15 is 0 Å². The Morgan fingerprint density at radius 1 is 0.917 bits per heavy atom. The number of carbonyl (C=O) groups excluding carboxylic acids is 2. The molecular formula is C28H29Cl3N2O2S. The van der Waals surface area contributed by atoms with Crippen LogP contribution in [0.1, 0.15) is 25.0 Å². The summed E-state index contributed by atoms with van der Waals surface area (Å²) in [6.45, 7) is 4.77. The Morgan fingerprint density at radius 2 is 1.58 bits per heavy atom. The summed E-state index contributed by atoms with van der Waals surface area (Å²) in [5, 5.41) is 4.61. The molecule has 0 aliphatic heterocycles. The molecule has 0 unspecified atom stereocenters. The molecule has 1 N–H and O–H groups in total. The van der Waals surface area contributed by atoms with Gasteiger partial charge in [0, 0.05) is 39.5 Å². The number of carbonyl (C=O) groups is 2. The lowest BCUT2D eigenvalue weighted by molar-refractivity contribution is -0.139. The highest BCUT2D eigenvalue weighted by atomic mass is 35.5. The van der Waals surface area contributed by atoms with Gasteiger partial charge in [-0.25, -0.2) is 0 Å². The third-order valence-corrected chi connectivity index (χ3v) is 7.32. The minimum atomic E-state index is -0.712. The van der Waals surface area contributed by atoms with E-state index in [0.29, 0.717) is 28.0 Å². The number of nitrogens with zero attached hydrogens (tertiary/aromatic N) is 1. The highest BCUT2D eigenvalue weighted by Gasteiger charge is 2.31. The third kappa shape index (κ3) is 8.74. The maximum Gasteiger partial charge on any atom is 0.243 e. The van der Waals surface area contributed by atoms with E-state index < -0.39 is 6.04 Å². The minimum absolute atomic E-state index is 0.162. The molecule has 0 saturated carbocycles. The van der Waals surface area contributed by atoms with Crippen molar-refractivity contribution in [1.29, 1.82) is 0 Å². The van der Waals surface area contributed by atoms with Gasteiger partial charge in [0.15, 0.2) is 0 Å². The molecule has 0 spiro atoms. The summed E-state index contributed by atoms with van der Waals surface area (Å²) in [4.78, 5) is 29.7. The molecule has 0 fully saturated rings. The monoisotopic (exact) mass is 562 g/mol. The van der Waals surface area contributed by atoms with Crippen molar-refractivity contribution in [2.24, 2.45) is 5.92 Å². The molecule has 3 aromatic rings. The topological polar surface area (TPSA) is 49.4 Å². The number of thioether (sulfide) groups is 1. The van der Waals surface area contributed by atoms with Crippen molar-refractivity contribution in [1.82, 2.24) is 10.2 Å². The minimum Gasteiger partial charge on any atom is -0.354 e. The maximum absolute atomic E-state index is 13.7. The van der Waals surface area contributed by atoms with Crippen LogP contribution in [0.4, 0.5) is 0 Å². The van der Waals surface area contributed by atoms with E-state index in [1.165, 1.54) is 11.8 Å². The van der Waals surface area contributed by atoms with Crippen molar-refractivity contribution >= 4 is 58.4 Å². The van der Waals surface area contributed by atoms with Gasteiger partial charge in [-0.05, 0) is 53.4 Å². The Labute approximate surface area is 232 Å². The Bertz CT molecular complexity index is 1160. The van der Waals surface area contributed by atoms with Gasteiger partial charge in [-0.2, -0.15) is 0 Å². The highest BCUT2D eigenvalue weighted by molar-refractivity contribution is 8.00. The molecule has 0 saturated heterocycles. The first-order chi connectivity index (χ1) is 17.2. The summed E-state index contributed by atoms with van der Waals surface area (Å²) in [5.41, 5.74) is 1.69. The first-order valence-electron chi connectivity index (χ1n) is 11.7. The molecule has 0 radical (unpaired) electrons. The molecule has 2 amide bonds. The second kappa shape index (κ2) is 13.9. The lowest BCUT2D eigenvalue weighted by atomic mass is 10.0. The number of hydrogen-bond donors (Lipinski definition) is 1. The van der Waals surface area contributed by atoms with Crippen LogP contribution in [0, 0.1) is 5.92 Å². The van der Waals surface area contributed by atoms with Crippen LogP contribution >= 0.6 is 46.6 Å². The fourth-order valence-corrected chi connectivity index (χ4v) is 4.95. The van der Waals surface area contributed by atoms with Crippen LogP contribution < -0.4 is 5.32 Å². The standard InChI is InChI=1S/C28H29Cl3N2O2S/c1-19(2)16-32-28(35)26(14-20-6-4-3-5-7-20)33(17-21-8-9-23(30)15-25(21)31)27(34)18-36-24-12-10-22(29)11-13-24/h3-13,15,19,26H,14,16-18H2,1-2H3,(H,32,35)/t26-/m0/s1. The lowest BCUT2D eigenvalue weighted by Gasteiger charge is -2.32. The number of halogens is 3. The van der Waals surface area contributed by atoms with Gasteiger partial charge in [0.1, 0.15) is 6.04 Å². The van der Waals surface area contributed by atoms with E-state index in [9.17, 15) is 9.59 Å². The predicted molar refractivity (Wildman–Crippen MR) is 151 cm³/mol. The zero-order chi connectivity index (χ0) is 26.1. The van der Waals surface area contributed by atoms with E-state index in [0.717, 1.165) is 16.0 Å². The van der Waals surface area contributed by atoms with Crippen LogP contribution in [-0.2, 0) is 22.6 Å². The molecule has 0 bridgehead atoms. The van der Waals surface area contributed by atoms with Gasteiger partial charge in [0.25, 0.3) is 0 Å². The van der Waals surface area contributed by atoms with Crippen LogP contribution in [0.25, 0.3) is 0 Å². The summed E-state index contributed by atoms with van der Waals surface area (Å²) in [5.74, 6) is 0.0843. The fourth-order valence-electron chi connectivity index (χ4n) is 3.57. The van der Waals surface area contributed by atoms with Crippen molar-refractivity contribution in [3.63, 3.8) is 0 Å². The molecule has 1 atom stereocenters. The van der Waals surface area contributed by atoms with Crippen LogP contribution in [-0.4, -0.2) is 35.1 Å². The van der Waals surface area contributed by atoms with Gasteiger partial charge in [-0.15, -0.1) is 11.8 Å². The molecule has 190 valence electrons. The van der Waals surface area contributed by atoms with Gasteiger partial charge in [0.2, 0.25) is 11.8 Å². The Morgan fingerprint density at radius 3 is 2.22 bits per heavy atom. The Kier molecular flexibility index (Phi) is 11.0. The Hall–Kier alpha value is -2.18. The number of rotatable bonds is 11. The van der Waals surface area contributed by atoms with Crippen LogP contribution in [0.5, 0.6) is 0 Å². The predicted octanol–water partition coefficient (Wildman–Crippen LogP) is 7.15. The SMILES string of the molecule is CC(C)CNC(=O)[C@H](Cc1ccccc1)N(Cc1ccc(Cl)cc1Cl)C(=O)CSc1ccc(Cl)cc1. The van der Waals surface area contributed by atoms with Crippen LogP contribution in [0.3, 0.4) is 0 Å². The van der Waals surface area contributed by atoms with Crippen LogP contribution in [0.15, 0.2) is 77.7 Å². The first-order valence-corrected chi connectivity index (χ1v) is 13.8. The van der Waals surface area contributed by atoms with Crippen molar-refractivity contribution in [3.05, 3.63) is 99.0 Å². The first kappa shape index (κ1) is 28.4. The van der Waals surface area contributed by atoms with Gasteiger partial charge in [-0.1, -0.05) is 85.0 Å². The number of benzene rings is 3. The van der Waals surface area contributed by atoms with Crippen molar-refractivity contribution in [2.45, 2.75) is 37.8 Å². The average Bonchev–Trinajstić information content (AvgIpc) is 2.86. The fraction of sp³-hybridized carbons (Fsp3) is 0.286. The van der Waals surface area contributed by atoms with Crippen LogP contribution in [0.2, 0.25) is 15.1 Å². The normalized spacial score (nSPS) is 11.8. The molecule has 0 aliphatic carbocycles. The summed E-state index contributed by atoms with van der Waals surface area (Å²) in [7, 11) is 0. The second-order valence-corrected chi connectivity index (χ2v) is 11.2. The molecule has 4 nitrogen and oxygen atoms in total. The number of hydrogen-bond acceptors (Lipinski definition) is 3. The summed E-state index contributed by atoms with van der Waals surface area (Å²) < 4.78 is 0. The van der Waals surface area contributed by atoms with E-state index in [1.54, 1.807) is 35.2 Å². The summed E-state index contributed by atoms with van der Waals surface area (Å²) in [6.07, 6.45) is 0.382. The maximum atomic E-state index is 13.7. The zero-order valence-electron chi connectivity index (χ0n) is 20.2. The smallest absolute Gasteiger partial charge is 0.243 e. The molecule has 0 aliphatic rings. The molecule has 0 heterocycles. The number of amides is 2. The molecule has 3 rings (SSSR count). The number of nitrogens with one attached hydrogen (secondary N) is 1. The zero-order valence-corrected chi connectivity index (χ0v) is 23.3. The van der Waals surface area contributed by atoms with Crippen molar-refractivity contribution < 1.29 is 9.59 Å². The van der Waals surface area contributed by atoms with Gasteiger partial charge < -0.3 is 10.2 Å². The van der Waals surface area contributed by atoms with Gasteiger partial charge in [-0.3, -0.25) is 9.59 Å². The molecule has 36 heavy (non-hydrogen) atoms.